The van der Waals surface area contributed by atoms with Gasteiger partial charge in [-0.15, -0.1) is 0 Å². The molecule has 2 N–H and O–H groups in total. The van der Waals surface area contributed by atoms with E-state index in [2.05, 4.69) is 5.32 Å². The quantitative estimate of drug-likeness (QED) is 0.575. The predicted octanol–water partition coefficient (Wildman–Crippen LogP) is 2.75. The fraction of sp³-hybridized carbons (Fsp3) is 0.417. The summed E-state index contributed by atoms with van der Waals surface area (Å²) < 4.78 is 46.3. The van der Waals surface area contributed by atoms with Crippen LogP contribution in [-0.2, 0) is 30.8 Å². The van der Waals surface area contributed by atoms with Gasteiger partial charge in [-0.1, -0.05) is 18.2 Å². The Morgan fingerprint density at radius 1 is 1.21 bits per heavy atom. The van der Waals surface area contributed by atoms with Crippen LogP contribution in [0.5, 0.6) is 5.75 Å². The summed E-state index contributed by atoms with van der Waals surface area (Å²) in [5.41, 5.74) is -0.126. The molecule has 1 aliphatic rings. The van der Waals surface area contributed by atoms with Crippen LogP contribution in [0, 0.1) is 5.82 Å². The number of esters is 1. The fourth-order valence-electron chi connectivity index (χ4n) is 3.75. The molecule has 8 nitrogen and oxygen atoms in total. The molecule has 0 spiro atoms. The number of phenols is 1. The van der Waals surface area contributed by atoms with Gasteiger partial charge in [0.2, 0.25) is 15.9 Å². The van der Waals surface area contributed by atoms with Crippen LogP contribution in [0.2, 0.25) is 0 Å². The highest BCUT2D eigenvalue weighted by Gasteiger charge is 2.41. The van der Waals surface area contributed by atoms with Crippen molar-refractivity contribution in [3.05, 3.63) is 59.9 Å². The molecule has 184 valence electrons. The number of amides is 1. The van der Waals surface area contributed by atoms with Crippen molar-refractivity contribution in [3.63, 3.8) is 0 Å². The summed E-state index contributed by atoms with van der Waals surface area (Å²) in [6, 6.07) is 8.68. The van der Waals surface area contributed by atoms with E-state index in [1.165, 1.54) is 24.3 Å². The first-order chi connectivity index (χ1) is 15.9. The smallest absolute Gasteiger partial charge is 0.329 e. The van der Waals surface area contributed by atoms with Crippen molar-refractivity contribution in [2.75, 3.05) is 6.54 Å². The van der Waals surface area contributed by atoms with E-state index in [0.29, 0.717) is 12.0 Å². The number of nitrogens with zero attached hydrogens (tertiary/aromatic N) is 1. The first kappa shape index (κ1) is 25.6. The molecule has 0 aliphatic carbocycles. The maximum Gasteiger partial charge on any atom is 0.329 e. The van der Waals surface area contributed by atoms with Crippen LogP contribution in [0.1, 0.15) is 39.2 Å². The number of aromatic hydroxyl groups is 1. The van der Waals surface area contributed by atoms with Crippen LogP contribution in [0.25, 0.3) is 0 Å². The van der Waals surface area contributed by atoms with E-state index in [1.54, 1.807) is 32.9 Å². The Balaban J connectivity index is 1.82. The summed E-state index contributed by atoms with van der Waals surface area (Å²) >= 11 is 0. The minimum Gasteiger partial charge on any atom is -0.508 e. The van der Waals surface area contributed by atoms with E-state index in [0.717, 1.165) is 16.4 Å². The Morgan fingerprint density at radius 3 is 2.50 bits per heavy atom. The number of nitrogens with one attached hydrogen (secondary N) is 1. The molecular formula is C24H29FN2O6S. The number of hydrogen-bond donors (Lipinski definition) is 2. The van der Waals surface area contributed by atoms with Gasteiger partial charge >= 0.3 is 5.97 Å². The molecule has 0 unspecified atom stereocenters. The molecule has 3 rings (SSSR count). The summed E-state index contributed by atoms with van der Waals surface area (Å²) in [4.78, 5) is 25.8. The van der Waals surface area contributed by atoms with E-state index >= 15 is 0 Å². The van der Waals surface area contributed by atoms with Crippen molar-refractivity contribution >= 4 is 21.9 Å². The Labute approximate surface area is 198 Å². The molecule has 0 aromatic heterocycles. The van der Waals surface area contributed by atoms with Gasteiger partial charge in [-0.25, -0.2) is 17.6 Å². The maximum absolute atomic E-state index is 13.6. The first-order valence-corrected chi connectivity index (χ1v) is 12.4. The second kappa shape index (κ2) is 10.1. The molecule has 1 fully saturated rings. The lowest BCUT2D eigenvalue weighted by atomic mass is 10.0. The molecule has 2 aromatic rings. The van der Waals surface area contributed by atoms with Gasteiger partial charge in [0.1, 0.15) is 29.3 Å². The third kappa shape index (κ3) is 6.32. The number of halogens is 1. The lowest BCUT2D eigenvalue weighted by Gasteiger charge is -2.27. The molecule has 2 atom stereocenters. The number of benzene rings is 2. The zero-order valence-corrected chi connectivity index (χ0v) is 20.1. The molecule has 10 heteroatoms. The van der Waals surface area contributed by atoms with E-state index in [9.17, 15) is 27.5 Å². The van der Waals surface area contributed by atoms with Crippen LogP contribution in [0.3, 0.4) is 0 Å². The van der Waals surface area contributed by atoms with E-state index in [-0.39, 0.29) is 30.0 Å². The minimum atomic E-state index is -4.12. The standard InChI is InChI=1S/C24H29FN2O6S/c1-24(2,3)33-23(30)20(14-16-9-11-18(28)12-10-16)26-22(29)21-8-5-13-27(21)34(31,32)19-7-4-6-17(25)15-19/h4,6-7,9-12,15,20-21,28H,5,8,13-14H2,1-3H3,(H,26,29)/t20-,21-/m0/s1. The van der Waals surface area contributed by atoms with Crippen LogP contribution in [-0.4, -0.2) is 53.9 Å². The molecule has 1 saturated heterocycles. The number of sulfonamides is 1. The van der Waals surface area contributed by atoms with E-state index in [1.807, 2.05) is 0 Å². The average Bonchev–Trinajstić information content (AvgIpc) is 3.24. The summed E-state index contributed by atoms with van der Waals surface area (Å²) in [6.45, 7) is 5.21. The van der Waals surface area contributed by atoms with Gasteiger partial charge in [-0.3, -0.25) is 4.79 Å². The van der Waals surface area contributed by atoms with Crippen molar-refractivity contribution in [2.24, 2.45) is 0 Å². The largest absolute Gasteiger partial charge is 0.508 e. The van der Waals surface area contributed by atoms with Gasteiger partial charge in [0.05, 0.1) is 4.90 Å². The SMILES string of the molecule is CC(C)(C)OC(=O)[C@H](Cc1ccc(O)cc1)NC(=O)[C@@H]1CCCN1S(=O)(=O)c1cccc(F)c1. The third-order valence-electron chi connectivity index (χ3n) is 5.29. The summed E-state index contributed by atoms with van der Waals surface area (Å²) in [6.07, 6.45) is 0.798. The van der Waals surface area contributed by atoms with Gasteiger partial charge in [0, 0.05) is 13.0 Å². The molecule has 0 saturated carbocycles. The number of carbonyl (C=O) groups is 2. The highest BCUT2D eigenvalue weighted by Crippen LogP contribution is 2.27. The minimum absolute atomic E-state index is 0.0609. The zero-order valence-electron chi connectivity index (χ0n) is 19.3. The molecule has 0 bridgehead atoms. The first-order valence-electron chi connectivity index (χ1n) is 11.0. The zero-order chi connectivity index (χ0) is 25.1. The predicted molar refractivity (Wildman–Crippen MR) is 123 cm³/mol. The average molecular weight is 493 g/mol. The second-order valence-electron chi connectivity index (χ2n) is 9.20. The molecule has 34 heavy (non-hydrogen) atoms. The van der Waals surface area contributed by atoms with E-state index < -0.39 is 45.4 Å². The number of phenolic OH excluding ortho intramolecular Hbond substituents is 1. The monoisotopic (exact) mass is 492 g/mol. The van der Waals surface area contributed by atoms with Gasteiger partial charge in [0.25, 0.3) is 0 Å². The van der Waals surface area contributed by atoms with Gasteiger partial charge < -0.3 is 15.2 Å². The maximum atomic E-state index is 13.6. The second-order valence-corrected chi connectivity index (χ2v) is 11.1. The molecule has 1 heterocycles. The number of rotatable bonds is 7. The third-order valence-corrected chi connectivity index (χ3v) is 7.20. The number of ether oxygens (including phenoxy) is 1. The van der Waals surface area contributed by atoms with Gasteiger partial charge in [-0.05, 0) is 69.5 Å². The summed E-state index contributed by atoms with van der Waals surface area (Å²) in [7, 11) is -4.12. The Bertz CT molecular complexity index is 1140. The summed E-state index contributed by atoms with van der Waals surface area (Å²) in [5, 5.41) is 12.2. The van der Waals surface area contributed by atoms with E-state index in [4.69, 9.17) is 4.74 Å². The summed E-state index contributed by atoms with van der Waals surface area (Å²) in [5.74, 6) is -1.93. The normalized spacial score (nSPS) is 17.8. The van der Waals surface area contributed by atoms with Crippen LogP contribution in [0.15, 0.2) is 53.4 Å². The highest BCUT2D eigenvalue weighted by molar-refractivity contribution is 7.89. The van der Waals surface area contributed by atoms with Crippen molar-refractivity contribution in [2.45, 2.75) is 62.6 Å². The fourth-order valence-corrected chi connectivity index (χ4v) is 5.44. The van der Waals surface area contributed by atoms with Crippen LogP contribution < -0.4 is 5.32 Å². The Kier molecular flexibility index (Phi) is 7.62. The van der Waals surface area contributed by atoms with Crippen molar-refractivity contribution in [3.8, 4) is 5.75 Å². The molecule has 2 aromatic carbocycles. The van der Waals surface area contributed by atoms with Gasteiger partial charge in [0.15, 0.2) is 0 Å². The lowest BCUT2D eigenvalue weighted by Crippen LogP contribution is -2.52. The molecule has 1 amide bonds. The molecule has 1 aliphatic heterocycles. The van der Waals surface area contributed by atoms with Crippen molar-refractivity contribution in [1.82, 2.24) is 9.62 Å². The van der Waals surface area contributed by atoms with Gasteiger partial charge in [-0.2, -0.15) is 4.31 Å². The highest BCUT2D eigenvalue weighted by atomic mass is 32.2. The van der Waals surface area contributed by atoms with Crippen LogP contribution in [0.4, 0.5) is 4.39 Å². The Morgan fingerprint density at radius 2 is 1.88 bits per heavy atom. The topological polar surface area (TPSA) is 113 Å². The lowest BCUT2D eigenvalue weighted by molar-refractivity contribution is -0.158. The number of carbonyl (C=O) groups excluding carboxylic acids is 2. The Hall–Kier alpha value is -2.98. The molecule has 0 radical (unpaired) electrons. The van der Waals surface area contributed by atoms with Crippen LogP contribution >= 0.6 is 0 Å². The van der Waals surface area contributed by atoms with Crippen molar-refractivity contribution < 1.29 is 32.2 Å². The number of hydrogen-bond acceptors (Lipinski definition) is 6. The van der Waals surface area contributed by atoms with Crippen molar-refractivity contribution in [1.29, 1.82) is 0 Å². The molecular weight excluding hydrogens is 463 g/mol.